The fraction of sp³-hybridized carbons (Fsp3) is 0.600. The Morgan fingerprint density at radius 3 is 2.72 bits per heavy atom. The molecule has 1 aliphatic heterocycles. The summed E-state index contributed by atoms with van der Waals surface area (Å²) >= 11 is 12.1. The zero-order valence-electron chi connectivity index (χ0n) is 10.6. The lowest BCUT2D eigenvalue weighted by atomic mass is 9.86. The lowest BCUT2D eigenvalue weighted by Gasteiger charge is -2.25. The van der Waals surface area contributed by atoms with Gasteiger partial charge in [-0.2, -0.15) is 0 Å². The predicted molar refractivity (Wildman–Crippen MR) is 77.5 cm³/mol. The number of alkyl halides is 1. The summed E-state index contributed by atoms with van der Waals surface area (Å²) in [6.07, 6.45) is 4.60. The minimum Gasteiger partial charge on any atom is -0.381 e. The third-order valence-corrected chi connectivity index (χ3v) is 4.31. The summed E-state index contributed by atoms with van der Waals surface area (Å²) in [6.45, 7) is 1.83. The summed E-state index contributed by atoms with van der Waals surface area (Å²) in [5, 5.41) is 0.812. The molecule has 0 saturated carbocycles. The third-order valence-electron chi connectivity index (χ3n) is 3.64. The standard InChI is InChI=1S/C15H20Cl2O/c16-11-14(8-12-4-6-18-7-5-12)9-13-2-1-3-15(17)10-13/h1-3,10,12,14H,4-9,11H2. The van der Waals surface area contributed by atoms with E-state index < -0.39 is 0 Å². The molecular weight excluding hydrogens is 267 g/mol. The molecule has 0 spiro atoms. The van der Waals surface area contributed by atoms with Gasteiger partial charge in [0.1, 0.15) is 0 Å². The van der Waals surface area contributed by atoms with Crippen LogP contribution in [0.15, 0.2) is 24.3 Å². The van der Waals surface area contributed by atoms with Crippen molar-refractivity contribution in [3.8, 4) is 0 Å². The molecule has 100 valence electrons. The van der Waals surface area contributed by atoms with E-state index in [1.807, 2.05) is 18.2 Å². The Bertz CT molecular complexity index is 361. The quantitative estimate of drug-likeness (QED) is 0.722. The molecule has 0 bridgehead atoms. The molecule has 3 heteroatoms. The molecule has 1 nitrogen and oxygen atoms in total. The Kier molecular flexibility index (Phi) is 5.81. The van der Waals surface area contributed by atoms with Gasteiger partial charge in [-0.15, -0.1) is 11.6 Å². The SMILES string of the molecule is ClCC(Cc1cccc(Cl)c1)CC1CCOCC1. The van der Waals surface area contributed by atoms with E-state index in [2.05, 4.69) is 6.07 Å². The summed E-state index contributed by atoms with van der Waals surface area (Å²) in [5.74, 6) is 2.05. The van der Waals surface area contributed by atoms with E-state index in [4.69, 9.17) is 27.9 Å². The molecule has 0 amide bonds. The number of halogens is 2. The molecule has 2 rings (SSSR count). The maximum absolute atomic E-state index is 6.11. The summed E-state index contributed by atoms with van der Waals surface area (Å²) in [4.78, 5) is 0. The van der Waals surface area contributed by atoms with Gasteiger partial charge in [0.05, 0.1) is 0 Å². The van der Waals surface area contributed by atoms with E-state index in [1.165, 1.54) is 24.8 Å². The van der Waals surface area contributed by atoms with Crippen LogP contribution in [-0.2, 0) is 11.2 Å². The highest BCUT2D eigenvalue weighted by molar-refractivity contribution is 6.30. The molecule has 1 fully saturated rings. The highest BCUT2D eigenvalue weighted by Crippen LogP contribution is 2.26. The van der Waals surface area contributed by atoms with Crippen LogP contribution in [0.1, 0.15) is 24.8 Å². The van der Waals surface area contributed by atoms with Crippen molar-refractivity contribution in [2.45, 2.75) is 25.7 Å². The maximum Gasteiger partial charge on any atom is 0.0468 e. The second kappa shape index (κ2) is 7.37. The van der Waals surface area contributed by atoms with E-state index in [-0.39, 0.29) is 0 Å². The second-order valence-corrected chi connectivity index (χ2v) is 5.89. The molecule has 0 aliphatic carbocycles. The minimum absolute atomic E-state index is 0.549. The van der Waals surface area contributed by atoms with Gasteiger partial charge in [0.2, 0.25) is 0 Å². The van der Waals surface area contributed by atoms with Crippen LogP contribution in [-0.4, -0.2) is 19.1 Å². The number of rotatable bonds is 5. The lowest BCUT2D eigenvalue weighted by molar-refractivity contribution is 0.0595. The van der Waals surface area contributed by atoms with Crippen LogP contribution in [0.5, 0.6) is 0 Å². The average Bonchev–Trinajstić information content (AvgIpc) is 2.39. The first kappa shape index (κ1) is 14.2. The Morgan fingerprint density at radius 2 is 2.06 bits per heavy atom. The van der Waals surface area contributed by atoms with E-state index in [1.54, 1.807) is 0 Å². The molecule has 1 aromatic carbocycles. The van der Waals surface area contributed by atoms with Gasteiger partial charge in [-0.3, -0.25) is 0 Å². The van der Waals surface area contributed by atoms with Gasteiger partial charge in [0, 0.05) is 24.1 Å². The van der Waals surface area contributed by atoms with Crippen molar-refractivity contribution in [2.75, 3.05) is 19.1 Å². The van der Waals surface area contributed by atoms with Crippen LogP contribution in [0.3, 0.4) is 0 Å². The molecule has 18 heavy (non-hydrogen) atoms. The first-order chi connectivity index (χ1) is 8.78. The van der Waals surface area contributed by atoms with Gasteiger partial charge in [-0.05, 0) is 55.2 Å². The third kappa shape index (κ3) is 4.46. The van der Waals surface area contributed by atoms with Crippen LogP contribution >= 0.6 is 23.2 Å². The molecule has 0 aromatic heterocycles. The lowest BCUT2D eigenvalue weighted by Crippen LogP contribution is -2.20. The summed E-state index contributed by atoms with van der Waals surface area (Å²) in [7, 11) is 0. The highest BCUT2D eigenvalue weighted by atomic mass is 35.5. The monoisotopic (exact) mass is 286 g/mol. The van der Waals surface area contributed by atoms with Crippen molar-refractivity contribution in [3.63, 3.8) is 0 Å². The second-order valence-electron chi connectivity index (χ2n) is 5.15. The minimum atomic E-state index is 0.549. The number of hydrogen-bond donors (Lipinski definition) is 0. The van der Waals surface area contributed by atoms with Crippen LogP contribution in [0.2, 0.25) is 5.02 Å². The smallest absolute Gasteiger partial charge is 0.0468 e. The molecule has 1 atom stereocenters. The Hall–Kier alpha value is -0.240. The summed E-state index contributed by atoms with van der Waals surface area (Å²) in [6, 6.07) is 8.11. The first-order valence-electron chi connectivity index (χ1n) is 6.66. The topological polar surface area (TPSA) is 9.23 Å². The Morgan fingerprint density at radius 1 is 1.28 bits per heavy atom. The molecule has 0 N–H and O–H groups in total. The van der Waals surface area contributed by atoms with Crippen LogP contribution in [0.4, 0.5) is 0 Å². The number of ether oxygens (including phenoxy) is 1. The van der Waals surface area contributed by atoms with Crippen molar-refractivity contribution >= 4 is 23.2 Å². The van der Waals surface area contributed by atoms with Crippen molar-refractivity contribution in [3.05, 3.63) is 34.9 Å². The molecule has 1 heterocycles. The first-order valence-corrected chi connectivity index (χ1v) is 7.57. The fourth-order valence-corrected chi connectivity index (χ4v) is 3.10. The van der Waals surface area contributed by atoms with Gasteiger partial charge in [-0.1, -0.05) is 23.7 Å². The normalized spacial score (nSPS) is 18.8. The average molecular weight is 287 g/mol. The van der Waals surface area contributed by atoms with Gasteiger partial charge < -0.3 is 4.74 Å². The molecule has 1 aliphatic rings. The van der Waals surface area contributed by atoms with Crippen LogP contribution in [0.25, 0.3) is 0 Å². The maximum atomic E-state index is 6.11. The molecule has 1 saturated heterocycles. The van der Waals surface area contributed by atoms with Crippen molar-refractivity contribution < 1.29 is 4.74 Å². The Labute approximate surface area is 119 Å². The summed E-state index contributed by atoms with van der Waals surface area (Å²) in [5.41, 5.74) is 1.29. The summed E-state index contributed by atoms with van der Waals surface area (Å²) < 4.78 is 5.40. The van der Waals surface area contributed by atoms with Crippen LogP contribution < -0.4 is 0 Å². The van der Waals surface area contributed by atoms with E-state index >= 15 is 0 Å². The number of benzene rings is 1. The number of hydrogen-bond acceptors (Lipinski definition) is 1. The van der Waals surface area contributed by atoms with Gasteiger partial charge in [-0.25, -0.2) is 0 Å². The van der Waals surface area contributed by atoms with Crippen LogP contribution in [0, 0.1) is 11.8 Å². The van der Waals surface area contributed by atoms with Crippen molar-refractivity contribution in [2.24, 2.45) is 11.8 Å². The van der Waals surface area contributed by atoms with E-state index in [0.29, 0.717) is 5.92 Å². The highest BCUT2D eigenvalue weighted by Gasteiger charge is 2.19. The Balaban J connectivity index is 1.88. The fourth-order valence-electron chi connectivity index (χ4n) is 2.65. The van der Waals surface area contributed by atoms with Gasteiger partial charge in [0.25, 0.3) is 0 Å². The zero-order valence-corrected chi connectivity index (χ0v) is 12.1. The van der Waals surface area contributed by atoms with Crippen molar-refractivity contribution in [1.82, 2.24) is 0 Å². The zero-order chi connectivity index (χ0) is 12.8. The van der Waals surface area contributed by atoms with Gasteiger partial charge in [0.15, 0.2) is 0 Å². The van der Waals surface area contributed by atoms with Crippen molar-refractivity contribution in [1.29, 1.82) is 0 Å². The molecule has 0 radical (unpaired) electrons. The molecular formula is C15H20Cl2O. The van der Waals surface area contributed by atoms with E-state index in [9.17, 15) is 0 Å². The predicted octanol–water partition coefficient (Wildman–Crippen LogP) is 4.55. The molecule has 1 unspecified atom stereocenters. The largest absolute Gasteiger partial charge is 0.381 e. The van der Waals surface area contributed by atoms with Gasteiger partial charge >= 0.3 is 0 Å². The molecule has 1 aromatic rings. The van der Waals surface area contributed by atoms with E-state index in [0.717, 1.165) is 36.5 Å².